The highest BCUT2D eigenvalue weighted by molar-refractivity contribution is 5.84. The van der Waals surface area contributed by atoms with Crippen molar-refractivity contribution in [2.45, 2.75) is 49.9 Å². The summed E-state index contributed by atoms with van der Waals surface area (Å²) in [6, 6.07) is 0. The van der Waals surface area contributed by atoms with E-state index in [9.17, 15) is 15.0 Å². The van der Waals surface area contributed by atoms with Crippen LogP contribution in [-0.4, -0.2) is 101 Å². The summed E-state index contributed by atoms with van der Waals surface area (Å²) >= 11 is 0. The molecule has 0 bridgehead atoms. The molecule has 0 saturated heterocycles. The van der Waals surface area contributed by atoms with Crippen molar-refractivity contribution in [1.29, 1.82) is 0 Å². The number of carbonyl (C=O) groups is 1. The largest absolute Gasteiger partial charge is 0.389 e. The molecule has 0 fully saturated rings. The van der Waals surface area contributed by atoms with Gasteiger partial charge in [0, 0.05) is 27.4 Å². The summed E-state index contributed by atoms with van der Waals surface area (Å²) in [5.74, 6) is -0.391. The molecule has 0 aromatic heterocycles. The average molecular weight is 434 g/mol. The van der Waals surface area contributed by atoms with Crippen molar-refractivity contribution >= 4 is 5.91 Å². The van der Waals surface area contributed by atoms with Gasteiger partial charge >= 0.3 is 0 Å². The molecule has 0 aliphatic heterocycles. The van der Waals surface area contributed by atoms with Gasteiger partial charge in [0.1, 0.15) is 11.7 Å². The molecule has 3 atom stereocenters. The lowest BCUT2D eigenvalue weighted by Crippen LogP contribution is -2.48. The number of hydrogen-bond acceptors (Lipinski definition) is 8. The van der Waals surface area contributed by atoms with Gasteiger partial charge < -0.3 is 39.2 Å². The number of allylic oxidation sites excluding steroid dienone is 1. The van der Waals surface area contributed by atoms with E-state index < -0.39 is 17.6 Å². The summed E-state index contributed by atoms with van der Waals surface area (Å²) < 4.78 is 26.8. The standard InChI is InChI=1S/C21H39NO8/c1-26-12-14-29-17-19(30-15-13-27-2)16-28-11-5-10-22-20(24)21(25)8-4-3-6-18(23)7-9-21/h3,6,18-19,23,25H,4-5,7-17H2,1-2H3,(H,22,24)/b6-3+/t18-,19?,21-/m0/s1. The number of methoxy groups -OCH3 is 2. The number of nitrogens with one attached hydrogen (secondary N) is 1. The maximum absolute atomic E-state index is 12.4. The van der Waals surface area contributed by atoms with Crippen LogP contribution in [0.5, 0.6) is 0 Å². The van der Waals surface area contributed by atoms with Gasteiger partial charge in [-0.25, -0.2) is 0 Å². The van der Waals surface area contributed by atoms with Gasteiger partial charge in [-0.15, -0.1) is 0 Å². The molecule has 30 heavy (non-hydrogen) atoms. The first-order valence-corrected chi connectivity index (χ1v) is 10.6. The normalized spacial score (nSPS) is 24.1. The van der Waals surface area contributed by atoms with Crippen LogP contribution >= 0.6 is 0 Å². The van der Waals surface area contributed by atoms with E-state index in [-0.39, 0.29) is 12.5 Å². The van der Waals surface area contributed by atoms with Crippen molar-refractivity contribution < 1.29 is 38.7 Å². The second-order valence-corrected chi connectivity index (χ2v) is 7.34. The molecule has 0 spiro atoms. The second-order valence-electron chi connectivity index (χ2n) is 7.34. The molecular formula is C21H39NO8. The highest BCUT2D eigenvalue weighted by Crippen LogP contribution is 2.24. The zero-order chi connectivity index (χ0) is 22.1. The van der Waals surface area contributed by atoms with Crippen LogP contribution in [0.25, 0.3) is 0 Å². The van der Waals surface area contributed by atoms with Crippen molar-refractivity contribution in [2.75, 3.05) is 67.0 Å². The number of aliphatic hydroxyl groups excluding tert-OH is 1. The number of aliphatic hydroxyl groups is 2. The SMILES string of the molecule is COCCOCC(COCCCNC(=O)[C@]1(O)CC/C=C/[C@H](O)CC1)OCCOC. The van der Waals surface area contributed by atoms with Gasteiger partial charge in [-0.2, -0.15) is 0 Å². The fraction of sp³-hybridized carbons (Fsp3) is 0.857. The Balaban J connectivity index is 2.22. The van der Waals surface area contributed by atoms with Gasteiger partial charge in [-0.1, -0.05) is 12.2 Å². The van der Waals surface area contributed by atoms with E-state index in [2.05, 4.69) is 5.32 Å². The molecule has 9 heteroatoms. The number of carbonyl (C=O) groups excluding carboxylic acids is 1. The Morgan fingerprint density at radius 2 is 1.80 bits per heavy atom. The zero-order valence-electron chi connectivity index (χ0n) is 18.3. The van der Waals surface area contributed by atoms with E-state index in [4.69, 9.17) is 23.7 Å². The highest BCUT2D eigenvalue weighted by Gasteiger charge is 2.35. The smallest absolute Gasteiger partial charge is 0.251 e. The summed E-state index contributed by atoms with van der Waals surface area (Å²) in [5, 5.41) is 23.1. The van der Waals surface area contributed by atoms with E-state index in [1.165, 1.54) is 0 Å². The van der Waals surface area contributed by atoms with E-state index in [1.54, 1.807) is 26.4 Å². The second kappa shape index (κ2) is 16.6. The van der Waals surface area contributed by atoms with E-state index in [0.717, 1.165) is 0 Å². The number of rotatable bonds is 16. The van der Waals surface area contributed by atoms with Crippen LogP contribution in [0.3, 0.4) is 0 Å². The summed E-state index contributed by atoms with van der Waals surface area (Å²) in [7, 11) is 3.23. The van der Waals surface area contributed by atoms with E-state index >= 15 is 0 Å². The first-order chi connectivity index (χ1) is 14.5. The lowest BCUT2D eigenvalue weighted by Gasteiger charge is -2.28. The Labute approximate surface area is 179 Å². The van der Waals surface area contributed by atoms with Crippen LogP contribution in [-0.2, 0) is 28.5 Å². The minimum atomic E-state index is -1.44. The molecule has 176 valence electrons. The van der Waals surface area contributed by atoms with Crippen LogP contribution in [0.15, 0.2) is 12.2 Å². The number of amides is 1. The fourth-order valence-corrected chi connectivity index (χ4v) is 2.97. The molecule has 3 N–H and O–H groups in total. The van der Waals surface area contributed by atoms with Crippen LogP contribution in [0, 0.1) is 0 Å². The molecule has 0 saturated carbocycles. The lowest BCUT2D eigenvalue weighted by molar-refractivity contribution is -0.141. The molecule has 1 rings (SSSR count). The van der Waals surface area contributed by atoms with Gasteiger partial charge in [0.05, 0.1) is 45.7 Å². The molecule has 9 nitrogen and oxygen atoms in total. The molecule has 0 heterocycles. The van der Waals surface area contributed by atoms with Gasteiger partial charge in [0.25, 0.3) is 5.91 Å². The van der Waals surface area contributed by atoms with Gasteiger partial charge in [0.15, 0.2) is 0 Å². The minimum Gasteiger partial charge on any atom is -0.389 e. The summed E-state index contributed by atoms with van der Waals surface area (Å²) in [4.78, 5) is 12.4. The number of hydrogen-bond donors (Lipinski definition) is 3. The quantitative estimate of drug-likeness (QED) is 0.237. The topological polar surface area (TPSA) is 116 Å². The van der Waals surface area contributed by atoms with E-state index in [1.807, 2.05) is 0 Å². The van der Waals surface area contributed by atoms with Gasteiger partial charge in [-0.05, 0) is 32.1 Å². The average Bonchev–Trinajstić information content (AvgIpc) is 2.73. The Bertz CT molecular complexity index is 476. The van der Waals surface area contributed by atoms with Crippen LogP contribution in [0.1, 0.15) is 32.1 Å². The minimum absolute atomic E-state index is 0.207. The molecule has 1 aliphatic rings. The van der Waals surface area contributed by atoms with Crippen LogP contribution < -0.4 is 5.32 Å². The van der Waals surface area contributed by atoms with Crippen molar-refractivity contribution in [3.05, 3.63) is 12.2 Å². The third-order valence-electron chi connectivity index (χ3n) is 4.79. The first kappa shape index (κ1) is 27.0. The van der Waals surface area contributed by atoms with Crippen molar-refractivity contribution in [2.24, 2.45) is 0 Å². The number of ether oxygens (including phenoxy) is 5. The first-order valence-electron chi connectivity index (χ1n) is 10.6. The molecule has 0 aromatic rings. The molecule has 1 aliphatic carbocycles. The lowest BCUT2D eigenvalue weighted by atomic mass is 9.88. The van der Waals surface area contributed by atoms with Crippen LogP contribution in [0.4, 0.5) is 0 Å². The third kappa shape index (κ3) is 11.9. The third-order valence-corrected chi connectivity index (χ3v) is 4.79. The predicted octanol–water partition coefficient (Wildman–Crippen LogP) is 0.426. The maximum Gasteiger partial charge on any atom is 0.251 e. The van der Waals surface area contributed by atoms with Crippen LogP contribution in [0.2, 0.25) is 0 Å². The molecule has 1 unspecified atom stereocenters. The predicted molar refractivity (Wildman–Crippen MR) is 111 cm³/mol. The summed E-state index contributed by atoms with van der Waals surface area (Å²) in [5.41, 5.74) is -1.44. The molecule has 0 aromatic carbocycles. The molecule has 0 radical (unpaired) electrons. The summed E-state index contributed by atoms with van der Waals surface area (Å²) in [6.45, 7) is 3.58. The fourth-order valence-electron chi connectivity index (χ4n) is 2.97. The Morgan fingerprint density at radius 3 is 2.53 bits per heavy atom. The van der Waals surface area contributed by atoms with E-state index in [0.29, 0.717) is 78.5 Å². The van der Waals surface area contributed by atoms with Gasteiger partial charge in [0.2, 0.25) is 0 Å². The maximum atomic E-state index is 12.4. The summed E-state index contributed by atoms with van der Waals surface area (Å²) in [6.07, 6.45) is 4.81. The Morgan fingerprint density at radius 1 is 1.10 bits per heavy atom. The molecular weight excluding hydrogens is 394 g/mol. The highest BCUT2D eigenvalue weighted by atomic mass is 16.6. The van der Waals surface area contributed by atoms with Crippen molar-refractivity contribution in [3.8, 4) is 0 Å². The van der Waals surface area contributed by atoms with Crippen molar-refractivity contribution in [1.82, 2.24) is 5.32 Å². The van der Waals surface area contributed by atoms with Gasteiger partial charge in [-0.3, -0.25) is 4.79 Å². The Kier molecular flexibility index (Phi) is 14.9. The molecule has 1 amide bonds. The van der Waals surface area contributed by atoms with Crippen molar-refractivity contribution in [3.63, 3.8) is 0 Å². The monoisotopic (exact) mass is 433 g/mol. The zero-order valence-corrected chi connectivity index (χ0v) is 18.3. The Hall–Kier alpha value is -1.07.